The SMILES string of the molecule is C1CCCCCC1.Cn1cnc(-c2ccc(/C(N)=C/C3=C(N)NCC=CC3)c(O)c2)c1. The first kappa shape index (κ1) is 22.5. The minimum absolute atomic E-state index is 0.114. The van der Waals surface area contributed by atoms with Crippen LogP contribution in [0, 0.1) is 0 Å². The van der Waals surface area contributed by atoms with Crippen molar-refractivity contribution in [3.05, 3.63) is 65.9 Å². The number of benzene rings is 1. The zero-order chi connectivity index (χ0) is 22.1. The Morgan fingerprint density at radius 1 is 1.10 bits per heavy atom. The van der Waals surface area contributed by atoms with Crippen LogP contribution in [-0.2, 0) is 7.05 Å². The number of nitrogens with one attached hydrogen (secondary N) is 1. The number of aryl methyl sites for hydroxylation is 1. The van der Waals surface area contributed by atoms with Gasteiger partial charge in [-0.25, -0.2) is 4.98 Å². The molecule has 1 fully saturated rings. The third-order valence-corrected chi connectivity index (χ3v) is 5.65. The van der Waals surface area contributed by atoms with E-state index in [1.165, 1.54) is 44.9 Å². The number of hydrogen-bond donors (Lipinski definition) is 4. The van der Waals surface area contributed by atoms with E-state index in [1.807, 2.05) is 36.0 Å². The Labute approximate surface area is 185 Å². The van der Waals surface area contributed by atoms with Gasteiger partial charge in [0.15, 0.2) is 0 Å². The number of phenols is 1. The van der Waals surface area contributed by atoms with Crippen molar-refractivity contribution in [2.75, 3.05) is 6.54 Å². The van der Waals surface area contributed by atoms with Crippen LogP contribution in [0.4, 0.5) is 0 Å². The number of phenolic OH excluding ortho intramolecular Hbond substituents is 1. The molecule has 1 saturated carbocycles. The van der Waals surface area contributed by atoms with Crippen molar-refractivity contribution in [3.8, 4) is 17.0 Å². The standard InChI is InChI=1S/C18H21N5O.C7H14/c1-23-10-16(22-11-23)12-5-6-14(17(24)9-12)15(19)8-13-4-2-3-7-21-18(13)20;1-2-4-6-7-5-3-1/h2-3,5-6,8-11,21,24H,4,7,19-20H2,1H3;1-7H2/b15-8-;. The molecule has 0 amide bonds. The van der Waals surface area contributed by atoms with Crippen LogP contribution in [0.2, 0.25) is 0 Å². The molecule has 0 unspecified atom stereocenters. The number of aromatic nitrogens is 2. The molecule has 0 atom stereocenters. The van der Waals surface area contributed by atoms with Crippen LogP contribution >= 0.6 is 0 Å². The molecule has 6 N–H and O–H groups in total. The van der Waals surface area contributed by atoms with Gasteiger partial charge < -0.3 is 26.5 Å². The van der Waals surface area contributed by atoms with Crippen molar-refractivity contribution < 1.29 is 5.11 Å². The van der Waals surface area contributed by atoms with Crippen LogP contribution in [0.5, 0.6) is 5.75 Å². The zero-order valence-corrected chi connectivity index (χ0v) is 18.5. The molecule has 2 aliphatic rings. The zero-order valence-electron chi connectivity index (χ0n) is 18.5. The summed E-state index contributed by atoms with van der Waals surface area (Å²) in [4.78, 5) is 4.28. The lowest BCUT2D eigenvalue weighted by atomic mass is 10.0. The Kier molecular flexibility index (Phi) is 8.21. The molecule has 2 heterocycles. The molecule has 2 aromatic rings. The molecule has 6 heteroatoms. The maximum absolute atomic E-state index is 10.3. The Morgan fingerprint density at radius 2 is 1.77 bits per heavy atom. The van der Waals surface area contributed by atoms with Gasteiger partial charge in [0, 0.05) is 36.6 Å². The summed E-state index contributed by atoms with van der Waals surface area (Å²) in [5.74, 6) is 0.718. The highest BCUT2D eigenvalue weighted by Crippen LogP contribution is 2.29. The first-order valence-corrected chi connectivity index (χ1v) is 11.2. The summed E-state index contributed by atoms with van der Waals surface area (Å²) in [5.41, 5.74) is 15.7. The van der Waals surface area contributed by atoms with Gasteiger partial charge in [0.1, 0.15) is 5.75 Å². The lowest BCUT2D eigenvalue weighted by Gasteiger charge is -2.10. The predicted octanol–water partition coefficient (Wildman–Crippen LogP) is 4.54. The Hall–Kier alpha value is -3.15. The summed E-state index contributed by atoms with van der Waals surface area (Å²) in [7, 11) is 1.90. The van der Waals surface area contributed by atoms with Gasteiger partial charge in [0.25, 0.3) is 0 Å². The number of allylic oxidation sites excluding steroid dienone is 3. The van der Waals surface area contributed by atoms with E-state index in [0.717, 1.165) is 16.8 Å². The molecule has 166 valence electrons. The minimum Gasteiger partial charge on any atom is -0.507 e. The fourth-order valence-electron chi connectivity index (χ4n) is 3.82. The summed E-state index contributed by atoms with van der Waals surface area (Å²) in [6.07, 6.45) is 20.7. The van der Waals surface area contributed by atoms with E-state index in [2.05, 4.69) is 10.3 Å². The number of nitrogens with two attached hydrogens (primary N) is 2. The van der Waals surface area contributed by atoms with Crippen molar-refractivity contribution in [3.63, 3.8) is 0 Å². The van der Waals surface area contributed by atoms with Gasteiger partial charge in [-0.05, 0) is 30.2 Å². The van der Waals surface area contributed by atoms with Gasteiger partial charge in [-0.1, -0.05) is 63.2 Å². The first-order valence-electron chi connectivity index (χ1n) is 11.2. The van der Waals surface area contributed by atoms with Crippen LogP contribution in [0.1, 0.15) is 56.9 Å². The first-order chi connectivity index (χ1) is 15.0. The predicted molar refractivity (Wildman–Crippen MR) is 128 cm³/mol. The van der Waals surface area contributed by atoms with E-state index in [9.17, 15) is 5.11 Å². The van der Waals surface area contributed by atoms with Gasteiger partial charge in [0.2, 0.25) is 0 Å². The second-order valence-corrected chi connectivity index (χ2v) is 8.23. The molecule has 0 spiro atoms. The van der Waals surface area contributed by atoms with Crippen molar-refractivity contribution >= 4 is 5.70 Å². The van der Waals surface area contributed by atoms with Gasteiger partial charge in [-0.15, -0.1) is 0 Å². The number of rotatable bonds is 3. The Bertz CT molecular complexity index is 935. The fourth-order valence-corrected chi connectivity index (χ4v) is 3.82. The molecule has 4 rings (SSSR count). The summed E-state index contributed by atoms with van der Waals surface area (Å²) in [6, 6.07) is 5.35. The van der Waals surface area contributed by atoms with Crippen LogP contribution in [0.3, 0.4) is 0 Å². The molecule has 0 radical (unpaired) electrons. The second-order valence-electron chi connectivity index (χ2n) is 8.23. The summed E-state index contributed by atoms with van der Waals surface area (Å²) in [5, 5.41) is 13.4. The fraction of sp³-hybridized carbons (Fsp3) is 0.400. The Balaban J connectivity index is 0.000000330. The van der Waals surface area contributed by atoms with Gasteiger partial charge in [-0.2, -0.15) is 0 Å². The van der Waals surface area contributed by atoms with E-state index < -0.39 is 0 Å². The van der Waals surface area contributed by atoms with Crippen molar-refractivity contribution in [2.45, 2.75) is 51.4 Å². The number of hydrogen-bond acceptors (Lipinski definition) is 5. The summed E-state index contributed by atoms with van der Waals surface area (Å²) < 4.78 is 1.86. The van der Waals surface area contributed by atoms with Crippen LogP contribution in [-0.4, -0.2) is 21.2 Å². The molecule has 0 saturated heterocycles. The van der Waals surface area contributed by atoms with Crippen LogP contribution in [0.25, 0.3) is 17.0 Å². The molecular weight excluding hydrogens is 386 g/mol. The van der Waals surface area contributed by atoms with E-state index in [4.69, 9.17) is 11.5 Å². The average Bonchev–Trinajstić information content (AvgIpc) is 2.94. The van der Waals surface area contributed by atoms with Crippen molar-refractivity contribution in [1.29, 1.82) is 0 Å². The molecule has 0 bridgehead atoms. The summed E-state index contributed by atoms with van der Waals surface area (Å²) >= 11 is 0. The van der Waals surface area contributed by atoms with Crippen molar-refractivity contribution in [1.82, 2.24) is 14.9 Å². The second kappa shape index (κ2) is 11.3. The number of aromatic hydroxyl groups is 1. The maximum Gasteiger partial charge on any atom is 0.125 e. The van der Waals surface area contributed by atoms with E-state index in [0.29, 0.717) is 30.0 Å². The van der Waals surface area contributed by atoms with Gasteiger partial charge >= 0.3 is 0 Å². The van der Waals surface area contributed by atoms with Crippen LogP contribution < -0.4 is 16.8 Å². The minimum atomic E-state index is 0.114. The monoisotopic (exact) mass is 421 g/mol. The highest BCUT2D eigenvalue weighted by molar-refractivity contribution is 5.74. The molecular formula is C25H35N5O. The third kappa shape index (κ3) is 6.67. The third-order valence-electron chi connectivity index (χ3n) is 5.65. The van der Waals surface area contributed by atoms with Crippen LogP contribution in [0.15, 0.2) is 60.3 Å². The molecule has 31 heavy (non-hydrogen) atoms. The maximum atomic E-state index is 10.3. The molecule has 6 nitrogen and oxygen atoms in total. The number of imidazole rings is 1. The summed E-state index contributed by atoms with van der Waals surface area (Å²) in [6.45, 7) is 0.701. The average molecular weight is 422 g/mol. The normalized spacial score (nSPS) is 17.3. The molecule has 1 aliphatic heterocycles. The van der Waals surface area contributed by atoms with E-state index in [1.54, 1.807) is 24.5 Å². The molecule has 1 aromatic heterocycles. The largest absolute Gasteiger partial charge is 0.507 e. The lowest BCUT2D eigenvalue weighted by Crippen LogP contribution is -2.20. The van der Waals surface area contributed by atoms with E-state index >= 15 is 0 Å². The van der Waals surface area contributed by atoms with Gasteiger partial charge in [-0.3, -0.25) is 0 Å². The highest BCUT2D eigenvalue weighted by Gasteiger charge is 2.10. The lowest BCUT2D eigenvalue weighted by molar-refractivity contribution is 0.473. The number of nitrogens with zero attached hydrogens (tertiary/aromatic N) is 2. The molecule has 1 aliphatic carbocycles. The molecule has 1 aromatic carbocycles. The van der Waals surface area contributed by atoms with Crippen molar-refractivity contribution in [2.24, 2.45) is 18.5 Å². The quantitative estimate of drug-likeness (QED) is 0.430. The smallest absolute Gasteiger partial charge is 0.125 e. The Morgan fingerprint density at radius 3 is 2.35 bits per heavy atom. The topological polar surface area (TPSA) is 102 Å². The van der Waals surface area contributed by atoms with Gasteiger partial charge in [0.05, 0.1) is 17.8 Å². The highest BCUT2D eigenvalue weighted by atomic mass is 16.3. The van der Waals surface area contributed by atoms with E-state index in [-0.39, 0.29) is 5.75 Å².